The van der Waals surface area contributed by atoms with Gasteiger partial charge in [-0.15, -0.1) is 0 Å². The number of carbonyl (C=O) groups is 1. The maximum Gasteiger partial charge on any atom is 0.277 e. The van der Waals surface area contributed by atoms with Crippen molar-refractivity contribution < 1.29 is 4.79 Å². The first-order valence-electron chi connectivity index (χ1n) is 10.0. The van der Waals surface area contributed by atoms with Gasteiger partial charge in [-0.1, -0.05) is 48.5 Å². The molecule has 0 spiro atoms. The number of carbonyl (C=O) groups excluding carboxylic acids is 1. The summed E-state index contributed by atoms with van der Waals surface area (Å²) in [6, 6.07) is 21.9. The van der Waals surface area contributed by atoms with Crippen LogP contribution in [0.4, 0.5) is 11.6 Å². The summed E-state index contributed by atoms with van der Waals surface area (Å²) >= 11 is 0. The molecule has 0 aliphatic carbocycles. The second kappa shape index (κ2) is 9.32. The van der Waals surface area contributed by atoms with E-state index in [4.69, 9.17) is 0 Å². The van der Waals surface area contributed by atoms with Crippen LogP contribution in [0.1, 0.15) is 42.5 Å². The molecule has 3 rings (SSSR count). The molecule has 29 heavy (non-hydrogen) atoms. The van der Waals surface area contributed by atoms with Crippen molar-refractivity contribution in [3.8, 4) is 0 Å². The quantitative estimate of drug-likeness (QED) is 0.580. The van der Waals surface area contributed by atoms with Crippen LogP contribution in [0, 0.1) is 6.92 Å². The molecule has 2 aromatic carbocycles. The SMILES string of the molecule is CCN(C(=O)c1cc(C)nc(N(Cc2ccccc2)C(C)C)n1)c1ccccc1. The molecule has 0 aliphatic heterocycles. The second-order valence-electron chi connectivity index (χ2n) is 7.29. The molecule has 0 aliphatic rings. The minimum Gasteiger partial charge on any atom is -0.334 e. The van der Waals surface area contributed by atoms with E-state index in [-0.39, 0.29) is 11.9 Å². The molecule has 1 amide bonds. The molecule has 0 saturated heterocycles. The highest BCUT2D eigenvalue weighted by Gasteiger charge is 2.21. The molecule has 0 fully saturated rings. The molecule has 1 aromatic heterocycles. The van der Waals surface area contributed by atoms with Crippen LogP contribution in [0.2, 0.25) is 0 Å². The van der Waals surface area contributed by atoms with E-state index in [1.54, 1.807) is 11.0 Å². The van der Waals surface area contributed by atoms with Crippen LogP contribution in [-0.2, 0) is 6.54 Å². The predicted octanol–water partition coefficient (Wildman–Crippen LogP) is 4.87. The Labute approximate surface area is 173 Å². The minimum atomic E-state index is -0.117. The van der Waals surface area contributed by atoms with Gasteiger partial charge in [0.25, 0.3) is 5.91 Å². The van der Waals surface area contributed by atoms with Crippen molar-refractivity contribution in [2.45, 2.75) is 40.3 Å². The van der Waals surface area contributed by atoms with Gasteiger partial charge in [-0.05, 0) is 51.5 Å². The van der Waals surface area contributed by atoms with E-state index < -0.39 is 0 Å². The van der Waals surface area contributed by atoms with Crippen molar-refractivity contribution in [2.24, 2.45) is 0 Å². The number of aryl methyl sites for hydroxylation is 1. The smallest absolute Gasteiger partial charge is 0.277 e. The molecular formula is C24H28N4O. The Morgan fingerprint density at radius 1 is 0.966 bits per heavy atom. The number of para-hydroxylation sites is 1. The Kier molecular flexibility index (Phi) is 6.60. The molecule has 0 N–H and O–H groups in total. The number of hydrogen-bond acceptors (Lipinski definition) is 4. The summed E-state index contributed by atoms with van der Waals surface area (Å²) in [6.07, 6.45) is 0. The highest BCUT2D eigenvalue weighted by Crippen LogP contribution is 2.20. The number of hydrogen-bond donors (Lipinski definition) is 0. The normalized spacial score (nSPS) is 10.8. The summed E-state index contributed by atoms with van der Waals surface area (Å²) in [4.78, 5) is 26.4. The number of benzene rings is 2. The van der Waals surface area contributed by atoms with Crippen LogP contribution in [0.15, 0.2) is 66.7 Å². The molecule has 3 aromatic rings. The van der Waals surface area contributed by atoms with Crippen LogP contribution >= 0.6 is 0 Å². The fourth-order valence-electron chi connectivity index (χ4n) is 3.24. The first-order valence-corrected chi connectivity index (χ1v) is 10.0. The zero-order valence-electron chi connectivity index (χ0n) is 17.5. The molecule has 0 unspecified atom stereocenters. The number of aromatic nitrogens is 2. The lowest BCUT2D eigenvalue weighted by Crippen LogP contribution is -2.34. The van der Waals surface area contributed by atoms with E-state index in [9.17, 15) is 4.79 Å². The molecule has 5 nitrogen and oxygen atoms in total. The lowest BCUT2D eigenvalue weighted by atomic mass is 10.2. The summed E-state index contributed by atoms with van der Waals surface area (Å²) in [6.45, 7) is 9.35. The molecule has 5 heteroatoms. The van der Waals surface area contributed by atoms with Crippen LogP contribution in [0.3, 0.4) is 0 Å². The Morgan fingerprint density at radius 2 is 1.59 bits per heavy atom. The van der Waals surface area contributed by atoms with Gasteiger partial charge in [0.15, 0.2) is 0 Å². The molecular weight excluding hydrogens is 360 g/mol. The molecule has 0 bridgehead atoms. The Hall–Kier alpha value is -3.21. The van der Waals surface area contributed by atoms with Crippen LogP contribution < -0.4 is 9.80 Å². The van der Waals surface area contributed by atoms with Crippen molar-refractivity contribution in [3.05, 3.63) is 83.7 Å². The van der Waals surface area contributed by atoms with E-state index in [0.717, 1.165) is 11.4 Å². The van der Waals surface area contributed by atoms with Crippen molar-refractivity contribution in [1.29, 1.82) is 0 Å². The zero-order valence-corrected chi connectivity index (χ0v) is 17.5. The predicted molar refractivity (Wildman–Crippen MR) is 118 cm³/mol. The maximum atomic E-state index is 13.2. The standard InChI is InChI=1S/C24H28N4O/c1-5-27(21-14-10-7-11-15-21)23(29)22-16-19(4)25-24(26-22)28(18(2)3)17-20-12-8-6-9-13-20/h6-16,18H,5,17H2,1-4H3. The first-order chi connectivity index (χ1) is 14.0. The Balaban J connectivity index is 1.94. The van der Waals surface area contributed by atoms with Crippen molar-refractivity contribution in [2.75, 3.05) is 16.3 Å². The molecule has 1 heterocycles. The Bertz CT molecular complexity index is 942. The summed E-state index contributed by atoms with van der Waals surface area (Å²) in [5.74, 6) is 0.463. The third-order valence-corrected chi connectivity index (χ3v) is 4.77. The number of rotatable bonds is 7. The second-order valence-corrected chi connectivity index (χ2v) is 7.29. The molecule has 0 radical (unpaired) electrons. The lowest BCUT2D eigenvalue weighted by molar-refractivity contribution is 0.0983. The summed E-state index contributed by atoms with van der Waals surface area (Å²) in [5.41, 5.74) is 3.24. The van der Waals surface area contributed by atoms with Crippen molar-refractivity contribution >= 4 is 17.5 Å². The van der Waals surface area contributed by atoms with Crippen LogP contribution in [-0.4, -0.2) is 28.5 Å². The van der Waals surface area contributed by atoms with E-state index in [1.165, 1.54) is 5.56 Å². The minimum absolute atomic E-state index is 0.117. The highest BCUT2D eigenvalue weighted by molar-refractivity contribution is 6.04. The van der Waals surface area contributed by atoms with Gasteiger partial charge in [0.1, 0.15) is 5.69 Å². The van der Waals surface area contributed by atoms with Gasteiger partial charge in [-0.3, -0.25) is 4.79 Å². The topological polar surface area (TPSA) is 49.3 Å². The number of nitrogens with zero attached hydrogens (tertiary/aromatic N) is 4. The van der Waals surface area contributed by atoms with E-state index in [0.29, 0.717) is 24.7 Å². The third kappa shape index (κ3) is 4.99. The van der Waals surface area contributed by atoms with E-state index in [1.807, 2.05) is 62.4 Å². The van der Waals surface area contributed by atoms with Gasteiger partial charge in [-0.2, -0.15) is 0 Å². The summed E-state index contributed by atoms with van der Waals surface area (Å²) in [7, 11) is 0. The lowest BCUT2D eigenvalue weighted by Gasteiger charge is -2.28. The van der Waals surface area contributed by atoms with Crippen molar-refractivity contribution in [3.63, 3.8) is 0 Å². The van der Waals surface area contributed by atoms with Crippen molar-refractivity contribution in [1.82, 2.24) is 9.97 Å². The molecule has 0 saturated carbocycles. The monoisotopic (exact) mass is 388 g/mol. The third-order valence-electron chi connectivity index (χ3n) is 4.77. The van der Waals surface area contributed by atoms with Gasteiger partial charge < -0.3 is 9.80 Å². The highest BCUT2D eigenvalue weighted by atomic mass is 16.2. The Morgan fingerprint density at radius 3 is 2.17 bits per heavy atom. The van der Waals surface area contributed by atoms with Gasteiger partial charge in [0.05, 0.1) is 0 Å². The fourth-order valence-corrected chi connectivity index (χ4v) is 3.24. The summed E-state index contributed by atoms with van der Waals surface area (Å²) in [5, 5.41) is 0. The van der Waals surface area contributed by atoms with Crippen LogP contribution in [0.25, 0.3) is 0 Å². The van der Waals surface area contributed by atoms with Gasteiger partial charge >= 0.3 is 0 Å². The summed E-state index contributed by atoms with van der Waals surface area (Å²) < 4.78 is 0. The first kappa shape index (κ1) is 20.5. The zero-order chi connectivity index (χ0) is 20.8. The maximum absolute atomic E-state index is 13.2. The fraction of sp³-hybridized carbons (Fsp3) is 0.292. The van der Waals surface area contributed by atoms with E-state index in [2.05, 4.69) is 40.8 Å². The average Bonchev–Trinajstić information content (AvgIpc) is 2.73. The number of anilines is 2. The van der Waals surface area contributed by atoms with Gasteiger partial charge in [-0.25, -0.2) is 9.97 Å². The molecule has 0 atom stereocenters. The van der Waals surface area contributed by atoms with Gasteiger partial charge in [0.2, 0.25) is 5.95 Å². The molecule has 150 valence electrons. The van der Waals surface area contributed by atoms with Crippen LogP contribution in [0.5, 0.6) is 0 Å². The number of amides is 1. The largest absolute Gasteiger partial charge is 0.334 e. The van der Waals surface area contributed by atoms with E-state index >= 15 is 0 Å². The average molecular weight is 389 g/mol. The van der Waals surface area contributed by atoms with Gasteiger partial charge in [0, 0.05) is 30.5 Å².